The zero-order valence-corrected chi connectivity index (χ0v) is 22.0. The van der Waals surface area contributed by atoms with Crippen molar-refractivity contribution in [3.05, 3.63) is 82.9 Å². The summed E-state index contributed by atoms with van der Waals surface area (Å²) in [5, 5.41) is 3.13. The van der Waals surface area contributed by atoms with Gasteiger partial charge in [0.2, 0.25) is 5.91 Å². The van der Waals surface area contributed by atoms with Gasteiger partial charge in [0, 0.05) is 18.1 Å². The largest absolute Gasteiger partial charge is 0.586 e. The molecule has 214 valence electrons. The summed E-state index contributed by atoms with van der Waals surface area (Å²) in [7, 11) is 1.29. The molecule has 8 nitrogen and oxygen atoms in total. The lowest BCUT2D eigenvalue weighted by molar-refractivity contribution is -0.286. The molecule has 0 bridgehead atoms. The van der Waals surface area contributed by atoms with E-state index in [1.807, 2.05) is 0 Å². The van der Waals surface area contributed by atoms with Crippen molar-refractivity contribution in [2.75, 3.05) is 20.4 Å². The summed E-state index contributed by atoms with van der Waals surface area (Å²) in [5.74, 6) is -0.802. The first-order valence-corrected chi connectivity index (χ1v) is 13.1. The molecule has 3 aromatic carbocycles. The van der Waals surface area contributed by atoms with Gasteiger partial charge in [-0.15, -0.1) is 8.78 Å². The molecule has 1 aliphatic carbocycles. The molecule has 1 amide bonds. The van der Waals surface area contributed by atoms with Crippen LogP contribution < -0.4 is 24.3 Å². The number of fused-ring (bicyclic) bond motifs is 2. The lowest BCUT2D eigenvalue weighted by Crippen LogP contribution is -2.40. The van der Waals surface area contributed by atoms with E-state index in [1.165, 1.54) is 19.2 Å². The first-order chi connectivity index (χ1) is 19.7. The highest BCUT2D eigenvalue weighted by Crippen LogP contribution is 2.51. The smallest absolute Gasteiger partial charge is 0.491 e. The van der Waals surface area contributed by atoms with Crippen LogP contribution in [0.3, 0.4) is 0 Å². The van der Waals surface area contributed by atoms with Crippen LogP contribution in [0, 0.1) is 0 Å². The second kappa shape index (κ2) is 10.2. The average Bonchev–Trinajstić information content (AvgIpc) is 3.68. The summed E-state index contributed by atoms with van der Waals surface area (Å²) >= 11 is 0. The molecular weight excluding hydrogens is 543 g/mol. The van der Waals surface area contributed by atoms with Crippen LogP contribution in [-0.4, -0.2) is 38.6 Å². The van der Waals surface area contributed by atoms with Crippen LogP contribution in [0.1, 0.15) is 58.3 Å². The van der Waals surface area contributed by atoms with Crippen LogP contribution in [0.2, 0.25) is 0 Å². The predicted molar refractivity (Wildman–Crippen MR) is 138 cm³/mol. The summed E-state index contributed by atoms with van der Waals surface area (Å²) < 4.78 is 65.5. The van der Waals surface area contributed by atoms with Gasteiger partial charge < -0.3 is 29.0 Å². The van der Waals surface area contributed by atoms with Crippen LogP contribution in [0.15, 0.2) is 60.7 Å². The molecule has 1 fully saturated rings. The quantitative estimate of drug-likeness (QED) is 0.356. The van der Waals surface area contributed by atoms with E-state index in [9.17, 15) is 22.8 Å². The highest BCUT2D eigenvalue weighted by molar-refractivity contribution is 5.89. The minimum atomic E-state index is -3.74. The molecule has 3 aromatic rings. The van der Waals surface area contributed by atoms with Crippen molar-refractivity contribution < 1.29 is 46.4 Å². The van der Waals surface area contributed by atoms with Crippen molar-refractivity contribution in [1.82, 2.24) is 5.32 Å². The Hall–Kier alpha value is -4.41. The average molecular weight is 570 g/mol. The summed E-state index contributed by atoms with van der Waals surface area (Å²) in [4.78, 5) is 26.0. The molecule has 0 aromatic heterocycles. The Morgan fingerprint density at radius 2 is 1.80 bits per heavy atom. The minimum absolute atomic E-state index is 0.0676. The second-order valence-corrected chi connectivity index (χ2v) is 10.1. The third kappa shape index (κ3) is 5.23. The molecule has 0 saturated heterocycles. The van der Waals surface area contributed by atoms with Gasteiger partial charge in [-0.25, -0.2) is 9.18 Å². The third-order valence-electron chi connectivity index (χ3n) is 7.49. The maximum atomic E-state index is 13.9. The van der Waals surface area contributed by atoms with Crippen molar-refractivity contribution in [2.45, 2.75) is 43.1 Å². The lowest BCUT2D eigenvalue weighted by Gasteiger charge is -2.33. The van der Waals surface area contributed by atoms with Crippen LogP contribution in [-0.2, 0) is 15.1 Å². The Bertz CT molecular complexity index is 1510. The molecule has 0 spiro atoms. The van der Waals surface area contributed by atoms with E-state index in [1.54, 1.807) is 48.5 Å². The van der Waals surface area contributed by atoms with Crippen molar-refractivity contribution in [3.8, 4) is 23.0 Å². The monoisotopic (exact) mass is 569 g/mol. The number of esters is 1. The summed E-state index contributed by atoms with van der Waals surface area (Å²) in [6.45, 7) is -0.789. The zero-order valence-electron chi connectivity index (χ0n) is 22.0. The highest BCUT2D eigenvalue weighted by Gasteiger charge is 2.50. The fourth-order valence-corrected chi connectivity index (χ4v) is 5.31. The van der Waals surface area contributed by atoms with Gasteiger partial charge in [-0.3, -0.25) is 4.79 Å². The number of carbonyl (C=O) groups is 2. The van der Waals surface area contributed by atoms with Gasteiger partial charge in [-0.05, 0) is 54.3 Å². The number of halogens is 3. The highest BCUT2D eigenvalue weighted by atomic mass is 19.3. The molecule has 2 heterocycles. The van der Waals surface area contributed by atoms with E-state index >= 15 is 0 Å². The van der Waals surface area contributed by atoms with Gasteiger partial charge >= 0.3 is 12.3 Å². The summed E-state index contributed by atoms with van der Waals surface area (Å²) in [6.07, 6.45) is -2.84. The maximum Gasteiger partial charge on any atom is 0.586 e. The van der Waals surface area contributed by atoms with Crippen LogP contribution in [0.4, 0.5) is 13.2 Å². The number of amides is 1. The molecule has 2 atom stereocenters. The van der Waals surface area contributed by atoms with E-state index < -0.39 is 36.5 Å². The number of hydrogen-bond donors (Lipinski definition) is 1. The van der Waals surface area contributed by atoms with Gasteiger partial charge in [-0.2, -0.15) is 0 Å². The summed E-state index contributed by atoms with van der Waals surface area (Å²) in [5.41, 5.74) is 1.53. The number of methoxy groups -OCH3 is 1. The predicted octanol–water partition coefficient (Wildman–Crippen LogP) is 5.56. The molecule has 41 heavy (non-hydrogen) atoms. The van der Waals surface area contributed by atoms with Crippen LogP contribution >= 0.6 is 0 Å². The van der Waals surface area contributed by atoms with Crippen molar-refractivity contribution in [3.63, 3.8) is 0 Å². The Kier molecular flexibility index (Phi) is 6.67. The van der Waals surface area contributed by atoms with E-state index in [-0.39, 0.29) is 30.4 Å². The summed E-state index contributed by atoms with van der Waals surface area (Å²) in [6, 6.07) is 16.3. The number of nitrogens with one attached hydrogen (secondary N) is 1. The molecule has 11 heteroatoms. The van der Waals surface area contributed by atoms with Crippen LogP contribution in [0.25, 0.3) is 0 Å². The molecular formula is C30H26F3NO7. The van der Waals surface area contributed by atoms with Gasteiger partial charge in [0.05, 0.1) is 24.1 Å². The van der Waals surface area contributed by atoms with Gasteiger partial charge in [0.15, 0.2) is 11.5 Å². The second-order valence-electron chi connectivity index (χ2n) is 10.1. The first-order valence-electron chi connectivity index (χ1n) is 13.1. The van der Waals surface area contributed by atoms with Crippen molar-refractivity contribution in [1.29, 1.82) is 0 Å². The standard InChI is InChI=1S/C30H26F3NO7/c1-37-28(36)18-4-2-3-17(13-18)24-16-22(21-7-6-20(38-12-11-31)15-25(21)39-24)27(35)34-29(9-10-29)19-5-8-23-26(14-19)41-30(32,33)40-23/h2-8,13-15,22,24H,9-12,16H2,1H3,(H,34,35)/t22-,24-/m1/s1. The zero-order chi connectivity index (χ0) is 28.8. The number of rotatable bonds is 8. The van der Waals surface area contributed by atoms with E-state index in [0.29, 0.717) is 46.6 Å². The molecule has 6 rings (SSSR count). The topological polar surface area (TPSA) is 92.3 Å². The molecule has 1 N–H and O–H groups in total. The molecule has 0 radical (unpaired) electrons. The Morgan fingerprint density at radius 1 is 1.00 bits per heavy atom. The Labute approximate surface area is 233 Å². The van der Waals surface area contributed by atoms with Crippen molar-refractivity contribution >= 4 is 11.9 Å². The van der Waals surface area contributed by atoms with E-state index in [4.69, 9.17) is 14.2 Å². The number of ether oxygens (including phenoxy) is 5. The molecule has 0 unspecified atom stereocenters. The SMILES string of the molecule is COC(=O)c1cccc([C@H]2C[C@@H](C(=O)NC3(c4ccc5c(c4)OC(F)(F)O5)CC3)c3ccc(OCCF)cc3O2)c1. The number of carbonyl (C=O) groups excluding carboxylic acids is 2. The normalized spacial score (nSPS) is 20.8. The molecule has 2 aliphatic heterocycles. The Morgan fingerprint density at radius 3 is 2.56 bits per heavy atom. The fraction of sp³-hybridized carbons (Fsp3) is 0.333. The number of hydrogen-bond acceptors (Lipinski definition) is 7. The molecule has 1 saturated carbocycles. The minimum Gasteiger partial charge on any atom is -0.491 e. The van der Waals surface area contributed by atoms with Crippen LogP contribution in [0.5, 0.6) is 23.0 Å². The lowest BCUT2D eigenvalue weighted by atomic mass is 9.86. The fourth-order valence-electron chi connectivity index (χ4n) is 5.31. The third-order valence-corrected chi connectivity index (χ3v) is 7.49. The first kappa shape index (κ1) is 26.8. The van der Waals surface area contributed by atoms with Gasteiger partial charge in [0.25, 0.3) is 0 Å². The number of alkyl halides is 3. The van der Waals surface area contributed by atoms with E-state index in [2.05, 4.69) is 14.8 Å². The van der Waals surface area contributed by atoms with Crippen molar-refractivity contribution in [2.24, 2.45) is 0 Å². The van der Waals surface area contributed by atoms with Gasteiger partial charge in [0.1, 0.15) is 30.9 Å². The Balaban J connectivity index is 1.29. The van der Waals surface area contributed by atoms with E-state index in [0.717, 1.165) is 0 Å². The maximum absolute atomic E-state index is 13.9. The number of benzene rings is 3. The molecule has 3 aliphatic rings. The van der Waals surface area contributed by atoms with Gasteiger partial charge in [-0.1, -0.05) is 24.3 Å².